The molecular formula is C12H19N3O3. The highest BCUT2D eigenvalue weighted by atomic mass is 16.5. The molecule has 0 aliphatic carbocycles. The van der Waals surface area contributed by atoms with Crippen LogP contribution < -0.4 is 15.4 Å². The predicted octanol–water partition coefficient (Wildman–Crippen LogP) is 1.22. The van der Waals surface area contributed by atoms with E-state index in [-0.39, 0.29) is 6.54 Å². The van der Waals surface area contributed by atoms with Crippen LogP contribution in [0, 0.1) is 5.92 Å². The zero-order chi connectivity index (χ0) is 13.7. The Balaban J connectivity index is 2.82. The molecule has 0 aliphatic heterocycles. The number of anilines is 2. The molecule has 3 N–H and O–H groups in total. The van der Waals surface area contributed by atoms with E-state index in [4.69, 9.17) is 15.6 Å². The van der Waals surface area contributed by atoms with Crippen molar-refractivity contribution < 1.29 is 14.6 Å². The third-order valence-electron chi connectivity index (χ3n) is 2.19. The van der Waals surface area contributed by atoms with Crippen LogP contribution in [-0.2, 0) is 4.79 Å². The van der Waals surface area contributed by atoms with Gasteiger partial charge in [-0.1, -0.05) is 13.8 Å². The van der Waals surface area contributed by atoms with E-state index in [1.807, 2.05) is 13.8 Å². The van der Waals surface area contributed by atoms with E-state index in [2.05, 4.69) is 4.98 Å². The normalized spacial score (nSPS) is 10.4. The number of nitrogens with zero attached hydrogens (tertiary/aromatic N) is 2. The smallest absolute Gasteiger partial charge is 0.323 e. The molecular weight excluding hydrogens is 234 g/mol. The van der Waals surface area contributed by atoms with Gasteiger partial charge in [-0.15, -0.1) is 0 Å². The Hall–Kier alpha value is -1.98. The molecule has 0 saturated carbocycles. The first-order chi connectivity index (χ1) is 8.40. The number of aliphatic carboxylic acids is 1. The number of carboxylic acid groups (broad SMARTS) is 1. The summed E-state index contributed by atoms with van der Waals surface area (Å²) < 4.78 is 5.48. The van der Waals surface area contributed by atoms with Gasteiger partial charge in [-0.3, -0.25) is 4.79 Å². The van der Waals surface area contributed by atoms with Crippen LogP contribution in [0.5, 0.6) is 5.88 Å². The van der Waals surface area contributed by atoms with Crippen molar-refractivity contribution in [3.8, 4) is 5.88 Å². The van der Waals surface area contributed by atoms with Crippen LogP contribution in [0.1, 0.15) is 13.8 Å². The minimum atomic E-state index is -0.916. The third kappa shape index (κ3) is 4.12. The van der Waals surface area contributed by atoms with Gasteiger partial charge >= 0.3 is 5.97 Å². The largest absolute Gasteiger partial charge is 0.480 e. The lowest BCUT2D eigenvalue weighted by molar-refractivity contribution is -0.135. The summed E-state index contributed by atoms with van der Waals surface area (Å²) in [6, 6.07) is 3.33. The number of carboxylic acids is 1. The van der Waals surface area contributed by atoms with Gasteiger partial charge in [0.25, 0.3) is 0 Å². The molecule has 0 fully saturated rings. The Labute approximate surface area is 106 Å². The summed E-state index contributed by atoms with van der Waals surface area (Å²) in [5.41, 5.74) is 6.20. The number of rotatable bonds is 6. The summed E-state index contributed by atoms with van der Waals surface area (Å²) in [6.45, 7) is 4.44. The third-order valence-corrected chi connectivity index (χ3v) is 2.19. The fourth-order valence-electron chi connectivity index (χ4n) is 1.30. The van der Waals surface area contributed by atoms with Gasteiger partial charge < -0.3 is 20.5 Å². The van der Waals surface area contributed by atoms with Gasteiger partial charge in [0.2, 0.25) is 5.88 Å². The topological polar surface area (TPSA) is 88.7 Å². The molecule has 0 radical (unpaired) electrons. The maximum atomic E-state index is 10.6. The summed E-state index contributed by atoms with van der Waals surface area (Å²) in [5, 5.41) is 8.72. The first kappa shape index (κ1) is 14.1. The maximum absolute atomic E-state index is 10.6. The van der Waals surface area contributed by atoms with E-state index >= 15 is 0 Å². The average molecular weight is 253 g/mol. The van der Waals surface area contributed by atoms with Crippen LogP contribution in [0.4, 0.5) is 11.5 Å². The fraction of sp³-hybridized carbons (Fsp3) is 0.500. The number of likely N-dealkylation sites (N-methyl/N-ethyl adjacent to an activating group) is 1. The zero-order valence-electron chi connectivity index (χ0n) is 10.9. The van der Waals surface area contributed by atoms with Gasteiger partial charge in [0.1, 0.15) is 12.4 Å². The molecule has 0 unspecified atom stereocenters. The summed E-state index contributed by atoms with van der Waals surface area (Å²) in [7, 11) is 1.65. The number of aromatic nitrogens is 1. The zero-order valence-corrected chi connectivity index (χ0v) is 10.9. The number of nitrogen functional groups attached to an aromatic ring is 1. The Morgan fingerprint density at radius 2 is 2.22 bits per heavy atom. The monoisotopic (exact) mass is 253 g/mol. The maximum Gasteiger partial charge on any atom is 0.323 e. The second kappa shape index (κ2) is 6.09. The van der Waals surface area contributed by atoms with Gasteiger partial charge in [-0.05, 0) is 18.1 Å². The van der Waals surface area contributed by atoms with Crippen molar-refractivity contribution in [2.75, 3.05) is 30.8 Å². The lowest BCUT2D eigenvalue weighted by Gasteiger charge is -2.17. The Morgan fingerprint density at radius 1 is 1.56 bits per heavy atom. The molecule has 1 rings (SSSR count). The Kier molecular flexibility index (Phi) is 4.76. The SMILES string of the molecule is CC(C)COc1nc(N(C)CC(=O)O)ccc1N. The average Bonchev–Trinajstić information content (AvgIpc) is 2.26. The van der Waals surface area contributed by atoms with Crippen molar-refractivity contribution in [3.63, 3.8) is 0 Å². The molecule has 0 spiro atoms. The van der Waals surface area contributed by atoms with Crippen LogP contribution in [0.2, 0.25) is 0 Å². The van der Waals surface area contributed by atoms with Crippen molar-refractivity contribution in [2.45, 2.75) is 13.8 Å². The number of hydrogen-bond acceptors (Lipinski definition) is 5. The minimum Gasteiger partial charge on any atom is -0.480 e. The van der Waals surface area contributed by atoms with Crippen LogP contribution in [-0.4, -0.2) is 36.3 Å². The van der Waals surface area contributed by atoms with Crippen molar-refractivity contribution >= 4 is 17.5 Å². The van der Waals surface area contributed by atoms with E-state index in [0.717, 1.165) is 0 Å². The van der Waals surface area contributed by atoms with Gasteiger partial charge in [0.15, 0.2) is 0 Å². The highest BCUT2D eigenvalue weighted by Crippen LogP contribution is 2.22. The highest BCUT2D eigenvalue weighted by molar-refractivity contribution is 5.73. The Morgan fingerprint density at radius 3 is 2.78 bits per heavy atom. The summed E-state index contributed by atoms with van der Waals surface area (Å²) in [4.78, 5) is 16.4. The minimum absolute atomic E-state index is 0.124. The number of carbonyl (C=O) groups is 1. The number of pyridine rings is 1. The van der Waals surface area contributed by atoms with E-state index in [0.29, 0.717) is 29.9 Å². The van der Waals surface area contributed by atoms with Crippen molar-refractivity contribution in [1.82, 2.24) is 4.98 Å². The summed E-state index contributed by atoms with van der Waals surface area (Å²) in [5.74, 6) is 0.316. The molecule has 0 aromatic carbocycles. The number of ether oxygens (including phenoxy) is 1. The molecule has 100 valence electrons. The molecule has 1 aromatic heterocycles. The van der Waals surface area contributed by atoms with E-state index in [1.165, 1.54) is 4.90 Å². The second-order valence-electron chi connectivity index (χ2n) is 4.52. The van der Waals surface area contributed by atoms with Crippen LogP contribution in [0.25, 0.3) is 0 Å². The molecule has 1 heterocycles. The standard InChI is InChI=1S/C12H19N3O3/c1-8(2)7-18-12-9(13)4-5-10(14-12)15(3)6-11(16)17/h4-5,8H,6-7,13H2,1-3H3,(H,16,17). The van der Waals surface area contributed by atoms with E-state index in [1.54, 1.807) is 19.2 Å². The van der Waals surface area contributed by atoms with Crippen molar-refractivity contribution in [3.05, 3.63) is 12.1 Å². The van der Waals surface area contributed by atoms with Gasteiger partial charge in [0.05, 0.1) is 12.3 Å². The second-order valence-corrected chi connectivity index (χ2v) is 4.52. The molecule has 0 saturated heterocycles. The first-order valence-electron chi connectivity index (χ1n) is 5.72. The Bertz CT molecular complexity index is 421. The van der Waals surface area contributed by atoms with Gasteiger partial charge in [-0.25, -0.2) is 0 Å². The molecule has 1 aromatic rings. The molecule has 0 atom stereocenters. The number of nitrogens with two attached hydrogens (primary N) is 1. The predicted molar refractivity (Wildman–Crippen MR) is 69.9 cm³/mol. The summed E-state index contributed by atoms with van der Waals surface area (Å²) >= 11 is 0. The van der Waals surface area contributed by atoms with E-state index < -0.39 is 5.97 Å². The quantitative estimate of drug-likeness (QED) is 0.792. The van der Waals surface area contributed by atoms with Crippen LogP contribution >= 0.6 is 0 Å². The highest BCUT2D eigenvalue weighted by Gasteiger charge is 2.10. The van der Waals surface area contributed by atoms with Crippen LogP contribution in [0.3, 0.4) is 0 Å². The van der Waals surface area contributed by atoms with Crippen molar-refractivity contribution in [1.29, 1.82) is 0 Å². The van der Waals surface area contributed by atoms with Gasteiger partial charge in [-0.2, -0.15) is 4.98 Å². The number of hydrogen-bond donors (Lipinski definition) is 2. The van der Waals surface area contributed by atoms with E-state index in [9.17, 15) is 4.79 Å². The molecule has 0 aliphatic rings. The molecule has 6 heteroatoms. The lowest BCUT2D eigenvalue weighted by Crippen LogP contribution is -2.26. The lowest BCUT2D eigenvalue weighted by atomic mass is 10.2. The molecule has 6 nitrogen and oxygen atoms in total. The van der Waals surface area contributed by atoms with Crippen molar-refractivity contribution in [2.24, 2.45) is 5.92 Å². The molecule has 18 heavy (non-hydrogen) atoms. The molecule has 0 amide bonds. The fourth-order valence-corrected chi connectivity index (χ4v) is 1.30. The summed E-state index contributed by atoms with van der Waals surface area (Å²) in [6.07, 6.45) is 0. The van der Waals surface area contributed by atoms with Crippen LogP contribution in [0.15, 0.2) is 12.1 Å². The molecule has 0 bridgehead atoms. The van der Waals surface area contributed by atoms with Gasteiger partial charge in [0, 0.05) is 7.05 Å². The first-order valence-corrected chi connectivity index (χ1v) is 5.72.